The summed E-state index contributed by atoms with van der Waals surface area (Å²) in [6, 6.07) is 21.5. The summed E-state index contributed by atoms with van der Waals surface area (Å²) in [5.74, 6) is -1.90. The van der Waals surface area contributed by atoms with Crippen LogP contribution in [0.3, 0.4) is 0 Å². The average Bonchev–Trinajstić information content (AvgIpc) is 3.19. The molecule has 0 radical (unpaired) electrons. The predicted molar refractivity (Wildman–Crippen MR) is 126 cm³/mol. The van der Waals surface area contributed by atoms with Crippen LogP contribution in [-0.2, 0) is 4.57 Å². The molecule has 5 rings (SSSR count). The third kappa shape index (κ3) is 4.16. The zero-order valence-corrected chi connectivity index (χ0v) is 18.7. The summed E-state index contributed by atoms with van der Waals surface area (Å²) in [7, 11) is -3.00. The molecule has 172 valence electrons. The van der Waals surface area contributed by atoms with E-state index in [1.54, 1.807) is 12.1 Å². The van der Waals surface area contributed by atoms with Crippen LogP contribution in [0.1, 0.15) is 0 Å². The van der Waals surface area contributed by atoms with Crippen molar-refractivity contribution in [3.05, 3.63) is 96.6 Å². The van der Waals surface area contributed by atoms with Crippen LogP contribution in [0.15, 0.2) is 89.3 Å². The SMILES string of the molecule is COc1cc2c(cc1NP(=O)(Oc1ccccc1F)Oc1ccccc1F)oc1ccccc12. The highest BCUT2D eigenvalue weighted by Crippen LogP contribution is 2.51. The van der Waals surface area contributed by atoms with E-state index in [4.69, 9.17) is 18.2 Å². The van der Waals surface area contributed by atoms with Gasteiger partial charge in [-0.05, 0) is 36.4 Å². The molecule has 0 amide bonds. The summed E-state index contributed by atoms with van der Waals surface area (Å²) in [6.07, 6.45) is 0. The lowest BCUT2D eigenvalue weighted by Crippen LogP contribution is -2.12. The quantitative estimate of drug-likeness (QED) is 0.242. The van der Waals surface area contributed by atoms with E-state index < -0.39 is 19.4 Å². The van der Waals surface area contributed by atoms with Gasteiger partial charge in [-0.2, -0.15) is 0 Å². The minimum absolute atomic E-state index is 0.185. The van der Waals surface area contributed by atoms with Crippen molar-refractivity contribution in [1.29, 1.82) is 0 Å². The molecule has 0 bridgehead atoms. The molecule has 1 aromatic heterocycles. The van der Waals surface area contributed by atoms with Gasteiger partial charge < -0.3 is 18.2 Å². The van der Waals surface area contributed by atoms with Crippen molar-refractivity contribution in [2.24, 2.45) is 0 Å². The van der Waals surface area contributed by atoms with Crippen LogP contribution in [0, 0.1) is 11.6 Å². The number of fused-ring (bicyclic) bond motifs is 3. The van der Waals surface area contributed by atoms with Crippen molar-refractivity contribution in [2.75, 3.05) is 12.2 Å². The Bertz CT molecular complexity index is 1500. The number of nitrogens with one attached hydrogen (secondary N) is 1. The summed E-state index contributed by atoms with van der Waals surface area (Å²) < 4.78 is 64.7. The number of ether oxygens (including phenoxy) is 1. The number of hydrogen-bond acceptors (Lipinski definition) is 5. The number of methoxy groups -OCH3 is 1. The molecule has 1 heterocycles. The summed E-state index contributed by atoms with van der Waals surface area (Å²) in [6.45, 7) is 0. The lowest BCUT2D eigenvalue weighted by Gasteiger charge is -2.22. The number of para-hydroxylation sites is 3. The van der Waals surface area contributed by atoms with E-state index in [1.165, 1.54) is 43.5 Å². The molecule has 0 fully saturated rings. The van der Waals surface area contributed by atoms with Crippen LogP contribution >= 0.6 is 7.75 Å². The van der Waals surface area contributed by atoms with E-state index in [0.29, 0.717) is 16.9 Å². The number of hydrogen-bond donors (Lipinski definition) is 1. The van der Waals surface area contributed by atoms with Gasteiger partial charge in [0.05, 0.1) is 12.8 Å². The third-order valence-corrected chi connectivity index (χ3v) is 6.46. The molecule has 34 heavy (non-hydrogen) atoms. The van der Waals surface area contributed by atoms with Crippen LogP contribution in [0.4, 0.5) is 14.5 Å². The van der Waals surface area contributed by atoms with E-state index >= 15 is 0 Å². The number of rotatable bonds is 7. The first kappa shape index (κ1) is 21.8. The molecule has 0 aliphatic heterocycles. The second-order valence-electron chi connectivity index (χ2n) is 7.30. The largest absolute Gasteiger partial charge is 0.542 e. The van der Waals surface area contributed by atoms with Crippen molar-refractivity contribution in [3.63, 3.8) is 0 Å². The highest BCUT2D eigenvalue weighted by Gasteiger charge is 2.33. The van der Waals surface area contributed by atoms with Crippen LogP contribution in [-0.4, -0.2) is 7.11 Å². The van der Waals surface area contributed by atoms with Crippen LogP contribution in [0.25, 0.3) is 21.9 Å². The minimum Gasteiger partial charge on any atom is -0.495 e. The molecule has 0 aliphatic rings. The van der Waals surface area contributed by atoms with E-state index in [-0.39, 0.29) is 17.2 Å². The molecule has 1 N–H and O–H groups in total. The fourth-order valence-electron chi connectivity index (χ4n) is 3.52. The van der Waals surface area contributed by atoms with Crippen molar-refractivity contribution in [1.82, 2.24) is 0 Å². The standard InChI is InChI=1S/C25H18F2NO5P/c1-30-25-14-17-16-8-2-5-11-21(16)31-24(17)15-20(25)28-34(29,32-22-12-6-3-9-18(22)26)33-23-13-7-4-10-19(23)27/h2-15H,1H3,(H,28,29). The molecule has 0 atom stereocenters. The summed E-state index contributed by atoms with van der Waals surface area (Å²) in [5.41, 5.74) is 1.32. The summed E-state index contributed by atoms with van der Waals surface area (Å²) in [5, 5.41) is 4.30. The Labute approximate surface area is 193 Å². The number of benzene rings is 4. The van der Waals surface area contributed by atoms with Gasteiger partial charge in [-0.1, -0.05) is 42.5 Å². The third-order valence-electron chi connectivity index (χ3n) is 5.07. The van der Waals surface area contributed by atoms with Gasteiger partial charge in [0.25, 0.3) is 0 Å². The molecular formula is C25H18F2NO5P. The van der Waals surface area contributed by atoms with Gasteiger partial charge in [0.1, 0.15) is 16.9 Å². The van der Waals surface area contributed by atoms with Crippen molar-refractivity contribution in [3.8, 4) is 17.2 Å². The maximum absolute atomic E-state index is 14.3. The van der Waals surface area contributed by atoms with E-state index in [9.17, 15) is 13.3 Å². The maximum atomic E-state index is 14.3. The molecule has 5 aromatic rings. The number of anilines is 1. The van der Waals surface area contributed by atoms with Gasteiger partial charge >= 0.3 is 7.75 Å². The lowest BCUT2D eigenvalue weighted by molar-refractivity contribution is 0.372. The summed E-state index contributed by atoms with van der Waals surface area (Å²) in [4.78, 5) is 0. The molecule has 0 saturated heterocycles. The molecule has 0 spiro atoms. The zero-order chi connectivity index (χ0) is 23.7. The second-order valence-corrected chi connectivity index (χ2v) is 8.88. The van der Waals surface area contributed by atoms with E-state index in [0.717, 1.165) is 22.9 Å². The Hall–Kier alpha value is -4.03. The second kappa shape index (κ2) is 8.72. The van der Waals surface area contributed by atoms with Crippen molar-refractivity contribution in [2.45, 2.75) is 0 Å². The van der Waals surface area contributed by atoms with Gasteiger partial charge in [-0.3, -0.25) is 5.09 Å². The average molecular weight is 481 g/mol. The maximum Gasteiger partial charge on any atom is 0.542 e. The Kier molecular flexibility index (Phi) is 5.59. The van der Waals surface area contributed by atoms with E-state index in [2.05, 4.69) is 5.09 Å². The fourth-order valence-corrected chi connectivity index (χ4v) is 4.93. The van der Waals surface area contributed by atoms with Crippen LogP contribution in [0.5, 0.6) is 17.2 Å². The topological polar surface area (TPSA) is 69.9 Å². The first-order valence-corrected chi connectivity index (χ1v) is 11.8. The molecule has 4 aromatic carbocycles. The van der Waals surface area contributed by atoms with Crippen LogP contribution in [0.2, 0.25) is 0 Å². The smallest absolute Gasteiger partial charge is 0.495 e. The molecule has 0 unspecified atom stereocenters. The fraction of sp³-hybridized carbons (Fsp3) is 0.0400. The Morgan fingerprint density at radius 1 is 0.735 bits per heavy atom. The van der Waals surface area contributed by atoms with Gasteiger partial charge in [0.2, 0.25) is 0 Å². The van der Waals surface area contributed by atoms with Crippen molar-refractivity contribution < 1.29 is 31.5 Å². The van der Waals surface area contributed by atoms with Gasteiger partial charge in [-0.25, -0.2) is 13.3 Å². The summed E-state index contributed by atoms with van der Waals surface area (Å²) >= 11 is 0. The molecular weight excluding hydrogens is 463 g/mol. The van der Waals surface area contributed by atoms with Gasteiger partial charge in [-0.15, -0.1) is 0 Å². The number of halogens is 2. The molecule has 9 heteroatoms. The Balaban J connectivity index is 1.60. The highest BCUT2D eigenvalue weighted by atomic mass is 31.2. The van der Waals surface area contributed by atoms with Gasteiger partial charge in [0.15, 0.2) is 23.1 Å². The normalized spacial score (nSPS) is 11.5. The minimum atomic E-state index is -4.44. The first-order chi connectivity index (χ1) is 16.5. The lowest BCUT2D eigenvalue weighted by atomic mass is 10.1. The Morgan fingerprint density at radius 3 is 1.94 bits per heavy atom. The monoisotopic (exact) mass is 481 g/mol. The van der Waals surface area contributed by atoms with E-state index in [1.807, 2.05) is 24.3 Å². The molecule has 6 nitrogen and oxygen atoms in total. The van der Waals surface area contributed by atoms with Crippen molar-refractivity contribution >= 4 is 35.4 Å². The highest BCUT2D eigenvalue weighted by molar-refractivity contribution is 7.56. The Morgan fingerprint density at radius 2 is 1.32 bits per heavy atom. The predicted octanol–water partition coefficient (Wildman–Crippen LogP) is 7.55. The molecule has 0 aliphatic carbocycles. The number of furan rings is 1. The zero-order valence-electron chi connectivity index (χ0n) is 17.8. The van der Waals surface area contributed by atoms with Gasteiger partial charge in [0, 0.05) is 16.8 Å². The molecule has 0 saturated carbocycles. The van der Waals surface area contributed by atoms with Crippen LogP contribution < -0.4 is 18.9 Å². The first-order valence-electron chi connectivity index (χ1n) is 10.2.